The Balaban J connectivity index is 1.21. The van der Waals surface area contributed by atoms with Gasteiger partial charge in [-0.2, -0.15) is 0 Å². The van der Waals surface area contributed by atoms with E-state index >= 15 is 0 Å². The van der Waals surface area contributed by atoms with Crippen LogP contribution in [-0.4, -0.2) is 0 Å². The maximum Gasteiger partial charge on any atom is 0.0433 e. The summed E-state index contributed by atoms with van der Waals surface area (Å²) in [4.78, 5) is 0. The van der Waals surface area contributed by atoms with Crippen molar-refractivity contribution in [3.63, 3.8) is 0 Å². The second-order valence-electron chi connectivity index (χ2n) is 14.2. The van der Waals surface area contributed by atoms with E-state index in [9.17, 15) is 0 Å². The number of benzene rings is 9. The third kappa shape index (κ3) is 3.97. The van der Waals surface area contributed by atoms with Crippen LogP contribution in [0.4, 0.5) is 0 Å². The van der Waals surface area contributed by atoms with E-state index in [4.69, 9.17) is 0 Å². The van der Waals surface area contributed by atoms with Gasteiger partial charge in [0.15, 0.2) is 0 Å². The quantitative estimate of drug-likeness (QED) is 0.158. The standard InChI is InChI=1S/C50H30S2/c1-3-15-39-33(11-1)35-25-23-29(31-17-9-19-41-37-13-5-7-21-45(37)51-49(31)41)27-43(35)48-40-16-4-2-12-34(40)36-26-24-30(28-44(36)47(39)48)32-18-10-20-42-38-14-6-8-22-46(38)52-50(32)42/h1,3-11,13-28H,2,12H2. The number of hydrogen-bond donors (Lipinski definition) is 0. The van der Waals surface area contributed by atoms with Crippen molar-refractivity contribution in [2.45, 2.75) is 12.8 Å². The molecular weight excluding hydrogens is 665 g/mol. The first kappa shape index (κ1) is 28.8. The summed E-state index contributed by atoms with van der Waals surface area (Å²) < 4.78 is 5.41. The Bertz CT molecular complexity index is 3350. The molecule has 0 unspecified atom stereocenters. The number of rotatable bonds is 2. The Morgan fingerprint density at radius 2 is 0.904 bits per heavy atom. The van der Waals surface area contributed by atoms with Crippen LogP contribution in [0.5, 0.6) is 0 Å². The Morgan fingerprint density at radius 3 is 1.56 bits per heavy atom. The second kappa shape index (κ2) is 10.9. The normalized spacial score (nSPS) is 13.2. The molecule has 12 rings (SSSR count). The summed E-state index contributed by atoms with van der Waals surface area (Å²) in [5.74, 6) is 0. The summed E-state index contributed by atoms with van der Waals surface area (Å²) in [6, 6.07) is 55.0. The minimum Gasteiger partial charge on any atom is -0.135 e. The zero-order chi connectivity index (χ0) is 33.9. The minimum absolute atomic E-state index is 1.05. The smallest absolute Gasteiger partial charge is 0.0433 e. The highest BCUT2D eigenvalue weighted by atomic mass is 32.1. The molecule has 0 saturated heterocycles. The molecule has 2 heterocycles. The monoisotopic (exact) mass is 694 g/mol. The van der Waals surface area contributed by atoms with Gasteiger partial charge in [0.1, 0.15) is 0 Å². The predicted octanol–water partition coefficient (Wildman–Crippen LogP) is 15.3. The summed E-state index contributed by atoms with van der Waals surface area (Å²) in [6.45, 7) is 0. The van der Waals surface area contributed by atoms with Crippen LogP contribution in [0.15, 0.2) is 152 Å². The molecule has 9 aromatic carbocycles. The molecule has 52 heavy (non-hydrogen) atoms. The van der Waals surface area contributed by atoms with Crippen LogP contribution >= 0.6 is 22.7 Å². The lowest BCUT2D eigenvalue weighted by atomic mass is 9.81. The van der Waals surface area contributed by atoms with Crippen molar-refractivity contribution in [3.8, 4) is 22.3 Å². The molecule has 11 aromatic rings. The Hall–Kier alpha value is -5.80. The number of hydrogen-bond acceptors (Lipinski definition) is 2. The molecule has 0 N–H and O–H groups in total. The second-order valence-corrected chi connectivity index (χ2v) is 16.3. The zero-order valence-electron chi connectivity index (χ0n) is 28.2. The first-order valence-electron chi connectivity index (χ1n) is 18.1. The van der Waals surface area contributed by atoms with Gasteiger partial charge < -0.3 is 0 Å². The first-order valence-corrected chi connectivity index (χ1v) is 19.8. The number of fused-ring (bicyclic) bond motifs is 17. The van der Waals surface area contributed by atoms with Crippen molar-refractivity contribution in [1.82, 2.24) is 0 Å². The molecule has 1 aliphatic carbocycles. The molecule has 0 spiro atoms. The third-order valence-electron chi connectivity index (χ3n) is 11.5. The molecule has 2 heteroatoms. The molecule has 0 amide bonds. The molecule has 2 aromatic heterocycles. The van der Waals surface area contributed by atoms with Crippen molar-refractivity contribution in [1.29, 1.82) is 0 Å². The average Bonchev–Trinajstić information content (AvgIpc) is 3.79. The molecule has 0 radical (unpaired) electrons. The molecule has 0 fully saturated rings. The summed E-state index contributed by atoms with van der Waals surface area (Å²) in [6.07, 6.45) is 6.92. The van der Waals surface area contributed by atoms with E-state index < -0.39 is 0 Å². The number of allylic oxidation sites excluding steroid dienone is 1. The van der Waals surface area contributed by atoms with Crippen molar-refractivity contribution < 1.29 is 0 Å². The molecule has 1 aliphatic rings. The molecule has 0 atom stereocenters. The van der Waals surface area contributed by atoms with Gasteiger partial charge in [-0.25, -0.2) is 0 Å². The molecule has 242 valence electrons. The highest BCUT2D eigenvalue weighted by Crippen LogP contribution is 2.48. The van der Waals surface area contributed by atoms with Crippen LogP contribution in [0, 0.1) is 0 Å². The van der Waals surface area contributed by atoms with E-state index in [1.165, 1.54) is 117 Å². The largest absolute Gasteiger partial charge is 0.135 e. The van der Waals surface area contributed by atoms with Gasteiger partial charge in [-0.1, -0.05) is 133 Å². The van der Waals surface area contributed by atoms with Gasteiger partial charge in [-0.3, -0.25) is 0 Å². The fourth-order valence-electron chi connectivity index (χ4n) is 9.23. The molecule has 0 saturated carbocycles. The van der Waals surface area contributed by atoms with Crippen molar-refractivity contribution >= 4 is 112 Å². The van der Waals surface area contributed by atoms with Crippen LogP contribution in [-0.2, 0) is 6.42 Å². The van der Waals surface area contributed by atoms with Gasteiger partial charge >= 0.3 is 0 Å². The van der Waals surface area contributed by atoms with E-state index in [1.54, 1.807) is 0 Å². The summed E-state index contributed by atoms with van der Waals surface area (Å²) in [5.41, 5.74) is 8.05. The Labute approximate surface area is 308 Å². The Morgan fingerprint density at radius 1 is 0.385 bits per heavy atom. The van der Waals surface area contributed by atoms with Crippen molar-refractivity contribution in [3.05, 3.63) is 163 Å². The maximum atomic E-state index is 2.51. The van der Waals surface area contributed by atoms with Crippen LogP contribution in [0.1, 0.15) is 17.5 Å². The van der Waals surface area contributed by atoms with Crippen molar-refractivity contribution in [2.75, 3.05) is 0 Å². The molecular formula is C50H30S2. The SMILES string of the molecule is C1=Cc2c(c3ccc(-c4cccc5c4sc4ccccc45)cc3c3c4ccccc4c4ccc(-c5cccc6c5sc5ccccc56)cc4c23)CC1. The summed E-state index contributed by atoms with van der Waals surface area (Å²) in [5, 5.41) is 16.2. The van der Waals surface area contributed by atoms with Crippen LogP contribution in [0.2, 0.25) is 0 Å². The van der Waals surface area contributed by atoms with E-state index in [0.29, 0.717) is 0 Å². The third-order valence-corrected chi connectivity index (χ3v) is 13.9. The fraction of sp³-hybridized carbons (Fsp3) is 0.0400. The fourth-order valence-corrected chi connectivity index (χ4v) is 11.7. The van der Waals surface area contributed by atoms with Gasteiger partial charge in [0.2, 0.25) is 0 Å². The van der Waals surface area contributed by atoms with E-state index in [2.05, 4.69) is 158 Å². The van der Waals surface area contributed by atoms with Gasteiger partial charge in [0, 0.05) is 40.3 Å². The zero-order valence-corrected chi connectivity index (χ0v) is 29.9. The van der Waals surface area contributed by atoms with Gasteiger partial charge in [-0.15, -0.1) is 22.7 Å². The van der Waals surface area contributed by atoms with Crippen LogP contribution in [0.3, 0.4) is 0 Å². The molecule has 0 nitrogen and oxygen atoms in total. The van der Waals surface area contributed by atoms with E-state index in [-0.39, 0.29) is 0 Å². The van der Waals surface area contributed by atoms with Gasteiger partial charge in [0.25, 0.3) is 0 Å². The van der Waals surface area contributed by atoms with E-state index in [0.717, 1.165) is 12.8 Å². The van der Waals surface area contributed by atoms with Crippen LogP contribution in [0.25, 0.3) is 112 Å². The predicted molar refractivity (Wildman–Crippen MR) is 230 cm³/mol. The highest BCUT2D eigenvalue weighted by molar-refractivity contribution is 7.26. The lowest BCUT2D eigenvalue weighted by molar-refractivity contribution is 1.00. The van der Waals surface area contributed by atoms with Crippen LogP contribution < -0.4 is 0 Å². The van der Waals surface area contributed by atoms with E-state index in [1.807, 2.05) is 22.7 Å². The number of aryl methyl sites for hydroxylation is 1. The summed E-state index contributed by atoms with van der Waals surface area (Å²) in [7, 11) is 0. The topological polar surface area (TPSA) is 0 Å². The molecule has 0 aliphatic heterocycles. The van der Waals surface area contributed by atoms with Crippen molar-refractivity contribution in [2.24, 2.45) is 0 Å². The lowest BCUT2D eigenvalue weighted by Crippen LogP contribution is -1.99. The van der Waals surface area contributed by atoms with Gasteiger partial charge in [0.05, 0.1) is 0 Å². The van der Waals surface area contributed by atoms with Gasteiger partial charge in [-0.05, 0) is 114 Å². The maximum absolute atomic E-state index is 2.51. The molecule has 0 bridgehead atoms. The number of thiophene rings is 2. The minimum atomic E-state index is 1.05. The highest BCUT2D eigenvalue weighted by Gasteiger charge is 2.22. The lowest BCUT2D eigenvalue weighted by Gasteiger charge is -2.22. The Kier molecular flexibility index (Phi) is 6.02. The first-order chi connectivity index (χ1) is 25.8. The summed E-state index contributed by atoms with van der Waals surface area (Å²) >= 11 is 3.82. The average molecular weight is 695 g/mol.